The van der Waals surface area contributed by atoms with E-state index in [0.29, 0.717) is 0 Å². The minimum atomic E-state index is 0.868. The van der Waals surface area contributed by atoms with Crippen LogP contribution >= 0.6 is 0 Å². The highest BCUT2D eigenvalue weighted by atomic mass is 16.7. The highest BCUT2D eigenvalue weighted by molar-refractivity contribution is 5.90. The van der Waals surface area contributed by atoms with Crippen LogP contribution in [0.15, 0.2) is 74.2 Å². The van der Waals surface area contributed by atoms with Crippen molar-refractivity contribution >= 4 is 22.7 Å². The van der Waals surface area contributed by atoms with Crippen molar-refractivity contribution in [3.05, 3.63) is 74.2 Å². The third kappa shape index (κ3) is 1.78. The van der Waals surface area contributed by atoms with Gasteiger partial charge in [-0.1, -0.05) is 37.4 Å². The SMILES string of the molecule is C=CON1c2ccccc2N(OC=C)c2ccccc21. The van der Waals surface area contributed by atoms with Crippen molar-refractivity contribution < 1.29 is 9.68 Å². The Bertz CT molecular complexity index is 551. The molecule has 0 aliphatic carbocycles. The van der Waals surface area contributed by atoms with E-state index in [1.54, 1.807) is 10.1 Å². The van der Waals surface area contributed by atoms with Crippen molar-refractivity contribution in [1.29, 1.82) is 0 Å². The lowest BCUT2D eigenvalue weighted by Gasteiger charge is -2.36. The van der Waals surface area contributed by atoms with Gasteiger partial charge in [0.15, 0.2) is 0 Å². The van der Waals surface area contributed by atoms with Crippen LogP contribution in [0.1, 0.15) is 0 Å². The molecule has 1 aliphatic heterocycles. The van der Waals surface area contributed by atoms with E-state index >= 15 is 0 Å². The predicted molar refractivity (Wildman–Crippen MR) is 79.7 cm³/mol. The van der Waals surface area contributed by atoms with Gasteiger partial charge in [-0.2, -0.15) is 10.1 Å². The number of hydrogen-bond donors (Lipinski definition) is 0. The number of fused-ring (bicyclic) bond motifs is 2. The molecule has 100 valence electrons. The average molecular weight is 266 g/mol. The summed E-state index contributed by atoms with van der Waals surface area (Å²) in [6, 6.07) is 15.6. The quantitative estimate of drug-likeness (QED) is 0.764. The minimum Gasteiger partial charge on any atom is -0.383 e. The van der Waals surface area contributed by atoms with Crippen LogP contribution in [0.25, 0.3) is 0 Å². The Morgan fingerprint density at radius 3 is 1.20 bits per heavy atom. The summed E-state index contributed by atoms with van der Waals surface area (Å²) in [5.74, 6) is 0. The van der Waals surface area contributed by atoms with E-state index in [2.05, 4.69) is 13.2 Å². The number of rotatable bonds is 4. The summed E-state index contributed by atoms with van der Waals surface area (Å²) in [7, 11) is 0. The molecule has 0 unspecified atom stereocenters. The Labute approximate surface area is 117 Å². The van der Waals surface area contributed by atoms with Crippen LogP contribution in [-0.4, -0.2) is 0 Å². The molecule has 2 aromatic rings. The standard InChI is InChI=1S/C16H14N2O2/c1-3-19-17-13-9-5-7-11-15(13)18(20-4-2)16-12-8-6-10-14(16)17/h3-12H,1-2H2. The largest absolute Gasteiger partial charge is 0.383 e. The van der Waals surface area contributed by atoms with Gasteiger partial charge in [0, 0.05) is 0 Å². The van der Waals surface area contributed by atoms with Crippen molar-refractivity contribution in [2.45, 2.75) is 0 Å². The first kappa shape index (κ1) is 12.2. The molecule has 0 bridgehead atoms. The first-order chi connectivity index (χ1) is 9.86. The molecule has 0 aromatic heterocycles. The molecule has 2 aromatic carbocycles. The number of hydrogen-bond acceptors (Lipinski definition) is 4. The monoisotopic (exact) mass is 266 g/mol. The number of para-hydroxylation sites is 4. The maximum absolute atomic E-state index is 5.55. The van der Waals surface area contributed by atoms with E-state index in [0.717, 1.165) is 22.7 Å². The van der Waals surface area contributed by atoms with E-state index in [1.165, 1.54) is 12.5 Å². The Kier molecular flexibility index (Phi) is 3.05. The molecule has 0 N–H and O–H groups in total. The highest BCUT2D eigenvalue weighted by Gasteiger charge is 2.29. The summed E-state index contributed by atoms with van der Waals surface area (Å²) in [5, 5.41) is 3.45. The first-order valence-electron chi connectivity index (χ1n) is 6.20. The van der Waals surface area contributed by atoms with Crippen molar-refractivity contribution in [1.82, 2.24) is 0 Å². The summed E-state index contributed by atoms with van der Waals surface area (Å²) in [4.78, 5) is 11.1. The van der Waals surface area contributed by atoms with Gasteiger partial charge in [0.1, 0.15) is 35.3 Å². The summed E-state index contributed by atoms with van der Waals surface area (Å²) in [5.41, 5.74) is 3.47. The molecule has 1 heterocycles. The summed E-state index contributed by atoms with van der Waals surface area (Å²) in [6.45, 7) is 7.26. The molecule has 1 aliphatic rings. The van der Waals surface area contributed by atoms with Crippen molar-refractivity contribution in [3.63, 3.8) is 0 Å². The van der Waals surface area contributed by atoms with Crippen molar-refractivity contribution in [2.24, 2.45) is 0 Å². The fourth-order valence-corrected chi connectivity index (χ4v) is 2.25. The smallest absolute Gasteiger partial charge is 0.112 e. The van der Waals surface area contributed by atoms with Crippen LogP contribution in [0.3, 0.4) is 0 Å². The fourth-order valence-electron chi connectivity index (χ4n) is 2.25. The molecule has 0 saturated carbocycles. The topological polar surface area (TPSA) is 24.9 Å². The number of benzene rings is 2. The summed E-state index contributed by atoms with van der Waals surface area (Å²) < 4.78 is 0. The lowest BCUT2D eigenvalue weighted by atomic mass is 10.1. The van der Waals surface area contributed by atoms with Crippen LogP contribution in [0.5, 0.6) is 0 Å². The molecule has 4 heteroatoms. The van der Waals surface area contributed by atoms with Gasteiger partial charge in [-0.15, -0.1) is 0 Å². The van der Waals surface area contributed by atoms with Gasteiger partial charge in [0.2, 0.25) is 0 Å². The zero-order valence-electron chi connectivity index (χ0n) is 10.9. The van der Waals surface area contributed by atoms with E-state index in [4.69, 9.17) is 9.68 Å². The molecule has 0 spiro atoms. The van der Waals surface area contributed by atoms with E-state index in [9.17, 15) is 0 Å². The second-order valence-electron chi connectivity index (χ2n) is 4.11. The van der Waals surface area contributed by atoms with E-state index in [-0.39, 0.29) is 0 Å². The van der Waals surface area contributed by atoms with Gasteiger partial charge < -0.3 is 9.68 Å². The van der Waals surface area contributed by atoms with Crippen molar-refractivity contribution in [2.75, 3.05) is 10.1 Å². The van der Waals surface area contributed by atoms with Crippen LogP contribution in [0.4, 0.5) is 22.7 Å². The minimum absolute atomic E-state index is 0.868. The van der Waals surface area contributed by atoms with Crippen molar-refractivity contribution in [3.8, 4) is 0 Å². The summed E-state index contributed by atoms with van der Waals surface area (Å²) >= 11 is 0. The van der Waals surface area contributed by atoms with Gasteiger partial charge in [-0.3, -0.25) is 0 Å². The number of anilines is 4. The van der Waals surface area contributed by atoms with Crippen LogP contribution in [-0.2, 0) is 9.68 Å². The van der Waals surface area contributed by atoms with Gasteiger partial charge in [0.25, 0.3) is 0 Å². The summed E-state index contributed by atoms with van der Waals surface area (Å²) in [6.07, 6.45) is 2.80. The van der Waals surface area contributed by atoms with Gasteiger partial charge in [-0.05, 0) is 24.3 Å². The highest BCUT2D eigenvalue weighted by Crippen LogP contribution is 2.47. The second-order valence-corrected chi connectivity index (χ2v) is 4.11. The van der Waals surface area contributed by atoms with Crippen LogP contribution in [0, 0.1) is 0 Å². The third-order valence-electron chi connectivity index (χ3n) is 3.00. The Balaban J connectivity index is 2.21. The maximum atomic E-state index is 5.55. The zero-order valence-corrected chi connectivity index (χ0v) is 10.9. The predicted octanol–water partition coefficient (Wildman–Crippen LogP) is 4.43. The molecule has 3 rings (SSSR count). The Morgan fingerprint density at radius 1 is 0.650 bits per heavy atom. The van der Waals surface area contributed by atoms with Gasteiger partial charge >= 0.3 is 0 Å². The zero-order chi connectivity index (χ0) is 13.9. The average Bonchev–Trinajstić information content (AvgIpc) is 2.50. The Morgan fingerprint density at radius 2 is 0.950 bits per heavy atom. The normalized spacial score (nSPS) is 12.2. The van der Waals surface area contributed by atoms with Gasteiger partial charge in [-0.25, -0.2) is 0 Å². The molecular weight excluding hydrogens is 252 g/mol. The first-order valence-corrected chi connectivity index (χ1v) is 6.20. The fraction of sp³-hybridized carbons (Fsp3) is 0. The maximum Gasteiger partial charge on any atom is 0.112 e. The molecule has 0 radical (unpaired) electrons. The Hall–Kier alpha value is -2.88. The molecule has 4 nitrogen and oxygen atoms in total. The molecular formula is C16H14N2O2. The lowest BCUT2D eigenvalue weighted by molar-refractivity contribution is 0.231. The third-order valence-corrected chi connectivity index (χ3v) is 3.00. The molecule has 0 saturated heterocycles. The van der Waals surface area contributed by atoms with E-state index in [1.807, 2.05) is 48.5 Å². The molecule has 0 atom stereocenters. The number of nitrogens with zero attached hydrogens (tertiary/aromatic N) is 2. The van der Waals surface area contributed by atoms with Gasteiger partial charge in [0.05, 0.1) is 0 Å². The lowest BCUT2D eigenvalue weighted by Crippen LogP contribution is -2.27. The van der Waals surface area contributed by atoms with Crippen LogP contribution in [0.2, 0.25) is 0 Å². The molecule has 0 fully saturated rings. The van der Waals surface area contributed by atoms with E-state index < -0.39 is 0 Å². The molecule has 20 heavy (non-hydrogen) atoms. The van der Waals surface area contributed by atoms with Crippen LogP contribution < -0.4 is 10.1 Å². The molecule has 0 amide bonds. The second kappa shape index (κ2) is 5.01.